The van der Waals surface area contributed by atoms with Gasteiger partial charge in [-0.05, 0) is 51.0 Å². The molecule has 39 heavy (non-hydrogen) atoms. The Balaban J connectivity index is 1.77. The third kappa shape index (κ3) is 8.08. The molecule has 1 saturated heterocycles. The van der Waals surface area contributed by atoms with E-state index in [-0.39, 0.29) is 5.75 Å². The number of benzene rings is 1. The van der Waals surface area contributed by atoms with E-state index >= 15 is 0 Å². The number of carbonyl (C=O) groups is 2. The van der Waals surface area contributed by atoms with E-state index in [4.69, 9.17) is 41.7 Å². The molecule has 0 aliphatic carbocycles. The van der Waals surface area contributed by atoms with Crippen molar-refractivity contribution in [2.24, 2.45) is 0 Å². The Hall–Kier alpha value is -1.89. The van der Waals surface area contributed by atoms with E-state index < -0.39 is 67.5 Å². The van der Waals surface area contributed by atoms with E-state index in [0.29, 0.717) is 0 Å². The van der Waals surface area contributed by atoms with Crippen molar-refractivity contribution in [3.05, 3.63) is 42.1 Å². The number of aliphatic hydroxyl groups excluding tert-OH is 2. The summed E-state index contributed by atoms with van der Waals surface area (Å²) in [6.07, 6.45) is -1.60. The molecule has 2 heterocycles. The number of nitrogens with one attached hydrogen (secondary N) is 2. The molecule has 0 bridgehead atoms. The smallest absolute Gasteiger partial charge is 0.459 e. The second-order valence-electron chi connectivity index (χ2n) is 9.40. The van der Waals surface area contributed by atoms with Gasteiger partial charge in [0.2, 0.25) is 0 Å². The minimum absolute atomic E-state index is 0.207. The molecule has 0 saturated carbocycles. The van der Waals surface area contributed by atoms with Crippen molar-refractivity contribution < 1.29 is 42.9 Å². The number of rotatable bonds is 12. The van der Waals surface area contributed by atoms with Crippen LogP contribution in [0.15, 0.2) is 36.5 Å². The lowest BCUT2D eigenvalue weighted by Gasteiger charge is -2.34. The molecule has 0 aromatic heterocycles. The van der Waals surface area contributed by atoms with Crippen LogP contribution in [0.5, 0.6) is 5.75 Å². The Morgan fingerprint density at radius 2 is 1.92 bits per heavy atom. The Morgan fingerprint density at radius 1 is 1.26 bits per heavy atom. The van der Waals surface area contributed by atoms with E-state index in [9.17, 15) is 24.4 Å². The highest BCUT2D eigenvalue weighted by atomic mass is 35.5. The fourth-order valence-corrected chi connectivity index (χ4v) is 5.91. The van der Waals surface area contributed by atoms with Crippen LogP contribution in [-0.4, -0.2) is 74.9 Å². The van der Waals surface area contributed by atoms with Crippen LogP contribution in [0.1, 0.15) is 39.7 Å². The molecule has 2 aliphatic heterocycles. The summed E-state index contributed by atoms with van der Waals surface area (Å²) in [5, 5.41) is 25.1. The van der Waals surface area contributed by atoms with Crippen LogP contribution in [0.2, 0.25) is 0 Å². The van der Waals surface area contributed by atoms with Crippen LogP contribution in [0, 0.1) is 0 Å². The predicted octanol–water partition coefficient (Wildman–Crippen LogP) is 3.19. The SMILES string of the molecule is CCCc1ccc(OP(=O)(NC(C)C(=O)OC(C)C)OCC2OC(N3C=CC(O)NC3=O)C(Cl)(Cl)C2O)cc1. The summed E-state index contributed by atoms with van der Waals surface area (Å²) in [4.78, 5) is 25.7. The van der Waals surface area contributed by atoms with Crippen LogP contribution in [0.3, 0.4) is 0 Å². The molecule has 12 nitrogen and oxygen atoms in total. The number of aryl methyl sites for hydroxylation is 1. The molecule has 2 aliphatic rings. The van der Waals surface area contributed by atoms with Crippen molar-refractivity contribution in [3.8, 4) is 5.75 Å². The average molecular weight is 610 g/mol. The second kappa shape index (κ2) is 13.2. The van der Waals surface area contributed by atoms with Gasteiger partial charge in [-0.15, -0.1) is 0 Å². The average Bonchev–Trinajstić information content (AvgIpc) is 3.07. The second-order valence-corrected chi connectivity index (χ2v) is 12.5. The van der Waals surface area contributed by atoms with Crippen LogP contribution in [-0.2, 0) is 29.8 Å². The summed E-state index contributed by atoms with van der Waals surface area (Å²) < 4.78 is 34.0. The van der Waals surface area contributed by atoms with Crippen LogP contribution in [0.25, 0.3) is 0 Å². The third-order valence-electron chi connectivity index (χ3n) is 5.72. The van der Waals surface area contributed by atoms with Gasteiger partial charge in [0.1, 0.15) is 30.2 Å². The monoisotopic (exact) mass is 609 g/mol. The van der Waals surface area contributed by atoms with Gasteiger partial charge < -0.3 is 29.5 Å². The standard InChI is InChI=1S/C24H34Cl2N3O9P/c1-5-6-16-7-9-17(10-8-16)38-39(34,28-15(4)21(32)36-14(2)3)35-13-18-20(31)24(25,26)22(37-18)29-12-11-19(30)27-23(29)33/h7-12,14-15,18-20,22,30-31H,5-6,13H2,1-4H3,(H,27,33)(H,28,34). The molecule has 2 amide bonds. The number of esters is 1. The van der Waals surface area contributed by atoms with Crippen LogP contribution in [0.4, 0.5) is 4.79 Å². The largest absolute Gasteiger partial charge is 0.462 e. The molecule has 15 heteroatoms. The summed E-state index contributed by atoms with van der Waals surface area (Å²) in [6, 6.07) is 5.02. The van der Waals surface area contributed by atoms with E-state index in [1.54, 1.807) is 26.0 Å². The van der Waals surface area contributed by atoms with Crippen molar-refractivity contribution in [2.75, 3.05) is 6.61 Å². The topological polar surface area (TPSA) is 156 Å². The van der Waals surface area contributed by atoms with Gasteiger partial charge in [0, 0.05) is 6.20 Å². The highest BCUT2D eigenvalue weighted by molar-refractivity contribution is 7.52. The number of urea groups is 1. The first kappa shape index (κ1) is 31.6. The molecule has 6 atom stereocenters. The molecule has 1 fully saturated rings. The first-order valence-electron chi connectivity index (χ1n) is 12.4. The number of hydrogen-bond donors (Lipinski definition) is 4. The van der Waals surface area contributed by atoms with Gasteiger partial charge in [0.25, 0.3) is 0 Å². The number of carbonyl (C=O) groups excluding carboxylic acids is 2. The molecule has 0 radical (unpaired) electrons. The maximum atomic E-state index is 13.8. The molecule has 1 aromatic rings. The van der Waals surface area contributed by atoms with Gasteiger partial charge in [-0.2, -0.15) is 5.09 Å². The van der Waals surface area contributed by atoms with Crippen LogP contribution >= 0.6 is 30.9 Å². The van der Waals surface area contributed by atoms with Crippen molar-refractivity contribution in [1.82, 2.24) is 15.3 Å². The summed E-state index contributed by atoms with van der Waals surface area (Å²) >= 11 is 12.7. The van der Waals surface area contributed by atoms with Gasteiger partial charge in [-0.3, -0.25) is 14.2 Å². The Kier molecular flexibility index (Phi) is 10.7. The van der Waals surface area contributed by atoms with Gasteiger partial charge in [0.05, 0.1) is 12.7 Å². The zero-order valence-corrected chi connectivity index (χ0v) is 24.4. The number of aliphatic hydroxyl groups is 2. The summed E-state index contributed by atoms with van der Waals surface area (Å²) in [5.41, 5.74) is 1.06. The fourth-order valence-electron chi connectivity index (χ4n) is 3.81. The number of hydrogen-bond acceptors (Lipinski definition) is 9. The molecule has 4 N–H and O–H groups in total. The fraction of sp³-hybridized carbons (Fsp3) is 0.583. The quantitative estimate of drug-likeness (QED) is 0.158. The Bertz CT molecular complexity index is 1090. The summed E-state index contributed by atoms with van der Waals surface area (Å²) in [7, 11) is -4.29. The van der Waals surface area contributed by atoms with Crippen molar-refractivity contribution >= 4 is 42.9 Å². The minimum atomic E-state index is -4.29. The zero-order chi connectivity index (χ0) is 29.0. The lowest BCUT2D eigenvalue weighted by molar-refractivity contribution is -0.149. The zero-order valence-electron chi connectivity index (χ0n) is 22.0. The lowest BCUT2D eigenvalue weighted by Crippen LogP contribution is -2.54. The number of ether oxygens (including phenoxy) is 2. The van der Waals surface area contributed by atoms with Crippen molar-refractivity contribution in [1.29, 1.82) is 0 Å². The minimum Gasteiger partial charge on any atom is -0.462 e. The molecule has 1 aromatic carbocycles. The van der Waals surface area contributed by atoms with Gasteiger partial charge in [0.15, 0.2) is 10.6 Å². The van der Waals surface area contributed by atoms with E-state index in [0.717, 1.165) is 23.3 Å². The summed E-state index contributed by atoms with van der Waals surface area (Å²) in [5.74, 6) is -0.475. The number of amides is 2. The summed E-state index contributed by atoms with van der Waals surface area (Å²) in [6.45, 7) is 6.28. The Labute approximate surface area is 237 Å². The highest BCUT2D eigenvalue weighted by Gasteiger charge is 2.58. The van der Waals surface area contributed by atoms with E-state index in [1.165, 1.54) is 19.2 Å². The number of halogens is 2. The van der Waals surface area contributed by atoms with E-state index in [2.05, 4.69) is 10.4 Å². The number of nitrogens with zero attached hydrogens (tertiary/aromatic N) is 1. The normalized spacial score (nSPS) is 26.7. The maximum Gasteiger partial charge on any atom is 0.459 e. The molecular weight excluding hydrogens is 576 g/mol. The highest BCUT2D eigenvalue weighted by Crippen LogP contribution is 2.48. The lowest BCUT2D eigenvalue weighted by atomic mass is 10.1. The molecule has 6 unspecified atom stereocenters. The molecule has 0 spiro atoms. The van der Waals surface area contributed by atoms with Crippen LogP contribution < -0.4 is 14.9 Å². The van der Waals surface area contributed by atoms with Crippen molar-refractivity contribution in [3.63, 3.8) is 0 Å². The first-order valence-corrected chi connectivity index (χ1v) is 14.7. The van der Waals surface area contributed by atoms with Gasteiger partial charge in [-0.1, -0.05) is 48.7 Å². The van der Waals surface area contributed by atoms with Gasteiger partial charge >= 0.3 is 19.7 Å². The molecule has 218 valence electrons. The Morgan fingerprint density at radius 3 is 2.51 bits per heavy atom. The van der Waals surface area contributed by atoms with Crippen molar-refractivity contribution in [2.45, 2.75) is 81.7 Å². The predicted molar refractivity (Wildman–Crippen MR) is 143 cm³/mol. The van der Waals surface area contributed by atoms with Gasteiger partial charge in [-0.25, -0.2) is 9.36 Å². The number of alkyl halides is 2. The first-order chi connectivity index (χ1) is 18.3. The maximum absolute atomic E-state index is 13.8. The van der Waals surface area contributed by atoms with E-state index in [1.807, 2.05) is 19.1 Å². The third-order valence-corrected chi connectivity index (χ3v) is 8.18. The molecular formula is C24H34Cl2N3O9P. The molecule has 3 rings (SSSR count).